The second kappa shape index (κ2) is 4.32. The summed E-state index contributed by atoms with van der Waals surface area (Å²) < 4.78 is 2.12. The molecule has 2 bridgehead atoms. The lowest BCUT2D eigenvalue weighted by Crippen LogP contribution is -2.39. The summed E-state index contributed by atoms with van der Waals surface area (Å²) in [4.78, 5) is 4.41. The van der Waals surface area contributed by atoms with Crippen molar-refractivity contribution in [3.8, 4) is 0 Å². The Kier molecular flexibility index (Phi) is 2.71. The molecule has 3 fully saturated rings. The van der Waals surface area contributed by atoms with Crippen LogP contribution in [0.4, 0.5) is 0 Å². The normalized spacial score (nSPS) is 40.4. The van der Waals surface area contributed by atoms with Gasteiger partial charge in [-0.3, -0.25) is 11.3 Å². The number of aromatic nitrogens is 2. The predicted molar refractivity (Wildman–Crippen MR) is 73.9 cm³/mol. The smallest absolute Gasteiger partial charge is 0.108 e. The molecular formula is C15H24N4. The molecule has 0 saturated heterocycles. The molecular weight excluding hydrogens is 236 g/mol. The van der Waals surface area contributed by atoms with Gasteiger partial charge in [0, 0.05) is 31.9 Å². The highest BCUT2D eigenvalue weighted by Gasteiger charge is 2.66. The van der Waals surface area contributed by atoms with Gasteiger partial charge < -0.3 is 4.57 Å². The quantitative estimate of drug-likeness (QED) is 0.623. The van der Waals surface area contributed by atoms with Gasteiger partial charge >= 0.3 is 0 Å². The van der Waals surface area contributed by atoms with Crippen molar-refractivity contribution in [3.63, 3.8) is 0 Å². The van der Waals surface area contributed by atoms with Gasteiger partial charge in [0.1, 0.15) is 5.82 Å². The van der Waals surface area contributed by atoms with Gasteiger partial charge in [-0.05, 0) is 55.3 Å². The maximum absolute atomic E-state index is 5.83. The molecule has 0 spiro atoms. The lowest BCUT2D eigenvalue weighted by atomic mass is 9.95. The zero-order chi connectivity index (χ0) is 13.0. The Labute approximate surface area is 114 Å². The highest BCUT2D eigenvalue weighted by Crippen LogP contribution is 2.70. The number of nitrogens with one attached hydrogen (secondary N) is 1. The molecule has 0 aliphatic heterocycles. The van der Waals surface area contributed by atoms with Crippen molar-refractivity contribution in [1.82, 2.24) is 15.0 Å². The highest BCUT2D eigenvalue weighted by molar-refractivity contribution is 5.15. The summed E-state index contributed by atoms with van der Waals surface area (Å²) in [6.45, 7) is 0. The van der Waals surface area contributed by atoms with E-state index in [9.17, 15) is 0 Å². The minimum Gasteiger partial charge on any atom is -0.338 e. The molecule has 19 heavy (non-hydrogen) atoms. The average Bonchev–Trinajstić information content (AvgIpc) is 2.78. The van der Waals surface area contributed by atoms with Gasteiger partial charge in [0.05, 0.1) is 0 Å². The van der Waals surface area contributed by atoms with Crippen molar-refractivity contribution < 1.29 is 0 Å². The number of fused-ring (bicyclic) bond motifs is 5. The molecule has 3 saturated carbocycles. The molecule has 3 aliphatic carbocycles. The third-order valence-electron chi connectivity index (χ3n) is 6.07. The highest BCUT2D eigenvalue weighted by atomic mass is 15.2. The molecule has 3 aliphatic rings. The first-order chi connectivity index (χ1) is 9.29. The SMILES string of the molecule is Cn1ccnc1CCC(NN)C1C2C3CCC(C3)C21. The number of nitrogens with zero attached hydrogens (tertiary/aromatic N) is 2. The summed E-state index contributed by atoms with van der Waals surface area (Å²) in [5, 5.41) is 0. The van der Waals surface area contributed by atoms with Gasteiger partial charge in [-0.1, -0.05) is 0 Å². The first-order valence-electron chi connectivity index (χ1n) is 7.72. The first-order valence-corrected chi connectivity index (χ1v) is 7.72. The first kappa shape index (κ1) is 11.9. The monoisotopic (exact) mass is 260 g/mol. The van der Waals surface area contributed by atoms with E-state index in [1.165, 1.54) is 25.1 Å². The molecule has 4 heteroatoms. The molecule has 4 nitrogen and oxygen atoms in total. The Bertz CT molecular complexity index is 452. The van der Waals surface area contributed by atoms with E-state index >= 15 is 0 Å². The fourth-order valence-corrected chi connectivity index (χ4v) is 5.24. The molecule has 1 aromatic rings. The van der Waals surface area contributed by atoms with Gasteiger partial charge in [0.25, 0.3) is 0 Å². The third-order valence-corrected chi connectivity index (χ3v) is 6.07. The topological polar surface area (TPSA) is 55.9 Å². The van der Waals surface area contributed by atoms with Gasteiger partial charge in [0.15, 0.2) is 0 Å². The lowest BCUT2D eigenvalue weighted by molar-refractivity contribution is 0.350. The van der Waals surface area contributed by atoms with Crippen LogP contribution in [0.15, 0.2) is 12.4 Å². The van der Waals surface area contributed by atoms with Crippen LogP contribution in [0.25, 0.3) is 0 Å². The Morgan fingerprint density at radius 3 is 2.74 bits per heavy atom. The van der Waals surface area contributed by atoms with Crippen molar-refractivity contribution in [1.29, 1.82) is 0 Å². The minimum absolute atomic E-state index is 0.495. The van der Waals surface area contributed by atoms with Crippen molar-refractivity contribution in [3.05, 3.63) is 18.2 Å². The van der Waals surface area contributed by atoms with Gasteiger partial charge in [-0.2, -0.15) is 0 Å². The Morgan fingerprint density at radius 2 is 2.16 bits per heavy atom. The Hall–Kier alpha value is -0.870. The van der Waals surface area contributed by atoms with E-state index in [1.54, 1.807) is 0 Å². The number of rotatable bonds is 5. The average molecular weight is 260 g/mol. The molecule has 4 rings (SSSR count). The lowest BCUT2D eigenvalue weighted by Gasteiger charge is -2.19. The number of hydrogen-bond acceptors (Lipinski definition) is 3. The summed E-state index contributed by atoms with van der Waals surface area (Å²) in [5.41, 5.74) is 3.11. The summed E-state index contributed by atoms with van der Waals surface area (Å²) in [5.74, 6) is 11.9. The van der Waals surface area contributed by atoms with E-state index < -0.39 is 0 Å². The van der Waals surface area contributed by atoms with Crippen LogP contribution in [-0.4, -0.2) is 15.6 Å². The summed E-state index contributed by atoms with van der Waals surface area (Å²) in [7, 11) is 2.07. The summed E-state index contributed by atoms with van der Waals surface area (Å²) in [6.07, 6.45) is 10.5. The molecule has 0 radical (unpaired) electrons. The number of imidazole rings is 1. The van der Waals surface area contributed by atoms with E-state index in [0.29, 0.717) is 6.04 Å². The maximum Gasteiger partial charge on any atom is 0.108 e. The van der Waals surface area contributed by atoms with Crippen molar-refractivity contribution in [2.75, 3.05) is 0 Å². The van der Waals surface area contributed by atoms with Crippen LogP contribution in [0.3, 0.4) is 0 Å². The van der Waals surface area contributed by atoms with Crippen LogP contribution >= 0.6 is 0 Å². The standard InChI is InChI=1S/C15H24N4/c1-19-7-6-17-12(19)5-4-11(18-16)15-13-9-2-3-10(8-9)14(13)15/h6-7,9-11,13-15,18H,2-5,8,16H2,1H3. The second-order valence-electron chi connectivity index (χ2n) is 6.83. The summed E-state index contributed by atoms with van der Waals surface area (Å²) >= 11 is 0. The van der Waals surface area contributed by atoms with Gasteiger partial charge in [0.2, 0.25) is 0 Å². The third kappa shape index (κ3) is 1.77. The zero-order valence-corrected chi connectivity index (χ0v) is 11.6. The Morgan fingerprint density at radius 1 is 1.42 bits per heavy atom. The van der Waals surface area contributed by atoms with Crippen LogP contribution in [0.2, 0.25) is 0 Å². The molecule has 5 unspecified atom stereocenters. The molecule has 0 aromatic carbocycles. The van der Waals surface area contributed by atoms with Crippen molar-refractivity contribution >= 4 is 0 Å². The van der Waals surface area contributed by atoms with E-state index in [0.717, 1.165) is 42.4 Å². The predicted octanol–water partition coefficient (Wildman–Crippen LogP) is 1.48. The number of nitrogens with two attached hydrogens (primary N) is 1. The second-order valence-corrected chi connectivity index (χ2v) is 6.83. The van der Waals surface area contributed by atoms with E-state index in [2.05, 4.69) is 22.0 Å². The number of hydrogen-bond donors (Lipinski definition) is 2. The van der Waals surface area contributed by atoms with Crippen LogP contribution in [0.5, 0.6) is 0 Å². The van der Waals surface area contributed by atoms with E-state index in [1.807, 2.05) is 12.4 Å². The van der Waals surface area contributed by atoms with Crippen LogP contribution in [0.1, 0.15) is 31.5 Å². The van der Waals surface area contributed by atoms with Crippen LogP contribution < -0.4 is 11.3 Å². The maximum atomic E-state index is 5.83. The molecule has 104 valence electrons. The molecule has 1 aromatic heterocycles. The van der Waals surface area contributed by atoms with E-state index in [4.69, 9.17) is 5.84 Å². The Balaban J connectivity index is 1.39. The molecule has 5 atom stereocenters. The van der Waals surface area contributed by atoms with Crippen LogP contribution in [0, 0.1) is 29.6 Å². The van der Waals surface area contributed by atoms with Gasteiger partial charge in [-0.15, -0.1) is 0 Å². The van der Waals surface area contributed by atoms with E-state index in [-0.39, 0.29) is 0 Å². The van der Waals surface area contributed by atoms with Crippen molar-refractivity contribution in [2.45, 2.75) is 38.1 Å². The van der Waals surface area contributed by atoms with Crippen molar-refractivity contribution in [2.24, 2.45) is 42.5 Å². The summed E-state index contributed by atoms with van der Waals surface area (Å²) in [6, 6.07) is 0.495. The molecule has 3 N–H and O–H groups in total. The number of hydrazine groups is 1. The molecule has 1 heterocycles. The largest absolute Gasteiger partial charge is 0.338 e. The fourth-order valence-electron chi connectivity index (χ4n) is 5.24. The zero-order valence-electron chi connectivity index (χ0n) is 11.6. The fraction of sp³-hybridized carbons (Fsp3) is 0.800. The minimum atomic E-state index is 0.495. The molecule has 0 amide bonds. The van der Waals surface area contributed by atoms with Gasteiger partial charge in [-0.25, -0.2) is 4.98 Å². The number of aryl methyl sites for hydroxylation is 2. The van der Waals surface area contributed by atoms with Crippen LogP contribution in [-0.2, 0) is 13.5 Å².